The van der Waals surface area contributed by atoms with Crippen LogP contribution in [0.5, 0.6) is 0 Å². The van der Waals surface area contributed by atoms with Crippen LogP contribution in [0.3, 0.4) is 0 Å². The van der Waals surface area contributed by atoms with Crippen molar-refractivity contribution in [1.82, 2.24) is 0 Å². The number of halogens is 1. The molecule has 0 saturated carbocycles. The summed E-state index contributed by atoms with van der Waals surface area (Å²) in [6.07, 6.45) is -0.984. The minimum Gasteiger partial charge on any atom is -0.386 e. The van der Waals surface area contributed by atoms with Gasteiger partial charge in [0.25, 0.3) is 0 Å². The lowest BCUT2D eigenvalue weighted by atomic mass is 9.91. The number of aliphatic hydroxyl groups is 1. The highest BCUT2D eigenvalue weighted by molar-refractivity contribution is 5.27. The summed E-state index contributed by atoms with van der Waals surface area (Å²) < 4.78 is 13.3. The lowest BCUT2D eigenvalue weighted by molar-refractivity contribution is 0.101. The van der Waals surface area contributed by atoms with Crippen LogP contribution in [0, 0.1) is 12.7 Å². The number of benzene rings is 1. The highest BCUT2D eigenvalue weighted by atomic mass is 19.1. The summed E-state index contributed by atoms with van der Waals surface area (Å²) in [6, 6.07) is 4.63. The molecule has 1 aromatic carbocycles. The summed E-state index contributed by atoms with van der Waals surface area (Å²) in [5.41, 5.74) is 6.04. The van der Waals surface area contributed by atoms with Crippen molar-refractivity contribution in [2.45, 2.75) is 32.4 Å². The van der Waals surface area contributed by atoms with Crippen molar-refractivity contribution in [1.29, 1.82) is 0 Å². The van der Waals surface area contributed by atoms with Gasteiger partial charge in [-0.2, -0.15) is 0 Å². The lowest BCUT2D eigenvalue weighted by Crippen LogP contribution is -2.39. The molecular weight excluding hydrogens is 181 g/mol. The molecule has 1 unspecified atom stereocenters. The first-order chi connectivity index (χ1) is 6.32. The molecule has 3 N–H and O–H groups in total. The molecule has 0 spiro atoms. The van der Waals surface area contributed by atoms with Crippen LogP contribution in [0.2, 0.25) is 0 Å². The maximum absolute atomic E-state index is 13.3. The van der Waals surface area contributed by atoms with Crippen molar-refractivity contribution >= 4 is 0 Å². The largest absolute Gasteiger partial charge is 0.386 e. The fourth-order valence-corrected chi connectivity index (χ4v) is 1.27. The van der Waals surface area contributed by atoms with Gasteiger partial charge >= 0.3 is 0 Å². The van der Waals surface area contributed by atoms with Crippen LogP contribution in [0.1, 0.15) is 31.1 Å². The van der Waals surface area contributed by atoms with Gasteiger partial charge in [0.1, 0.15) is 5.82 Å². The molecule has 0 fully saturated rings. The van der Waals surface area contributed by atoms with Gasteiger partial charge in [-0.05, 0) is 26.8 Å². The summed E-state index contributed by atoms with van der Waals surface area (Å²) in [5, 5.41) is 9.80. The average molecular weight is 197 g/mol. The fourth-order valence-electron chi connectivity index (χ4n) is 1.27. The number of aryl methyl sites for hydroxylation is 1. The second-order valence-corrected chi connectivity index (χ2v) is 4.25. The Morgan fingerprint density at radius 3 is 2.50 bits per heavy atom. The van der Waals surface area contributed by atoms with E-state index in [9.17, 15) is 9.50 Å². The van der Waals surface area contributed by atoms with Crippen LogP contribution in [0.15, 0.2) is 18.2 Å². The maximum Gasteiger partial charge on any atom is 0.129 e. The summed E-state index contributed by atoms with van der Waals surface area (Å²) in [7, 11) is 0. The number of rotatable bonds is 2. The molecule has 1 rings (SSSR count). The molecule has 1 aromatic rings. The van der Waals surface area contributed by atoms with Crippen LogP contribution < -0.4 is 5.73 Å². The second-order valence-electron chi connectivity index (χ2n) is 4.25. The van der Waals surface area contributed by atoms with Gasteiger partial charge in [0.2, 0.25) is 0 Å². The lowest BCUT2D eigenvalue weighted by Gasteiger charge is -2.26. The summed E-state index contributed by atoms with van der Waals surface area (Å²) in [5.74, 6) is -0.415. The Morgan fingerprint density at radius 2 is 2.00 bits per heavy atom. The van der Waals surface area contributed by atoms with Crippen LogP contribution >= 0.6 is 0 Å². The van der Waals surface area contributed by atoms with E-state index in [0.717, 1.165) is 5.56 Å². The summed E-state index contributed by atoms with van der Waals surface area (Å²) >= 11 is 0. The molecule has 2 nitrogen and oxygen atoms in total. The van der Waals surface area contributed by atoms with Gasteiger partial charge < -0.3 is 10.8 Å². The second kappa shape index (κ2) is 3.67. The van der Waals surface area contributed by atoms with Gasteiger partial charge in [0, 0.05) is 11.1 Å². The third-order valence-corrected chi connectivity index (χ3v) is 2.15. The van der Waals surface area contributed by atoms with Crippen molar-refractivity contribution < 1.29 is 9.50 Å². The first-order valence-electron chi connectivity index (χ1n) is 4.55. The van der Waals surface area contributed by atoms with Crippen LogP contribution in [0.25, 0.3) is 0 Å². The Bertz CT molecular complexity index is 331. The first kappa shape index (κ1) is 11.1. The van der Waals surface area contributed by atoms with Crippen molar-refractivity contribution in [2.75, 3.05) is 0 Å². The van der Waals surface area contributed by atoms with Crippen molar-refractivity contribution in [3.05, 3.63) is 35.1 Å². The fraction of sp³-hybridized carbons (Fsp3) is 0.455. The molecule has 0 radical (unpaired) electrons. The highest BCUT2D eigenvalue weighted by Gasteiger charge is 2.26. The molecule has 0 amide bonds. The van der Waals surface area contributed by atoms with E-state index < -0.39 is 17.5 Å². The zero-order valence-corrected chi connectivity index (χ0v) is 8.71. The van der Waals surface area contributed by atoms with E-state index in [4.69, 9.17) is 5.73 Å². The van der Waals surface area contributed by atoms with Crippen molar-refractivity contribution in [3.63, 3.8) is 0 Å². The van der Waals surface area contributed by atoms with Gasteiger partial charge in [-0.1, -0.05) is 17.7 Å². The molecule has 0 bridgehead atoms. The Balaban J connectivity index is 3.12. The zero-order valence-electron chi connectivity index (χ0n) is 8.71. The number of hydrogen-bond donors (Lipinski definition) is 2. The molecule has 0 aliphatic carbocycles. The van der Waals surface area contributed by atoms with E-state index in [-0.39, 0.29) is 5.56 Å². The SMILES string of the molecule is Cc1ccc(F)c(C(O)C(C)(C)N)c1. The summed E-state index contributed by atoms with van der Waals surface area (Å²) in [4.78, 5) is 0. The minimum absolute atomic E-state index is 0.262. The van der Waals surface area contributed by atoms with Crippen molar-refractivity contribution in [2.24, 2.45) is 5.73 Å². The molecule has 0 heterocycles. The standard InChI is InChI=1S/C11H16FNO/c1-7-4-5-9(12)8(6-7)10(14)11(2,3)13/h4-6,10,14H,13H2,1-3H3. The van der Waals surface area contributed by atoms with Crippen LogP contribution in [-0.4, -0.2) is 10.6 Å². The predicted molar refractivity (Wildman–Crippen MR) is 54.4 cm³/mol. The van der Waals surface area contributed by atoms with Gasteiger partial charge in [-0.15, -0.1) is 0 Å². The highest BCUT2D eigenvalue weighted by Crippen LogP contribution is 2.26. The van der Waals surface area contributed by atoms with E-state index in [1.165, 1.54) is 6.07 Å². The van der Waals surface area contributed by atoms with E-state index >= 15 is 0 Å². The Kier molecular flexibility index (Phi) is 2.92. The van der Waals surface area contributed by atoms with Crippen LogP contribution in [0.4, 0.5) is 4.39 Å². The Morgan fingerprint density at radius 1 is 1.43 bits per heavy atom. The number of aliphatic hydroxyl groups excluding tert-OH is 1. The predicted octanol–water partition coefficient (Wildman–Crippen LogP) is 1.90. The Labute approximate surface area is 83.6 Å². The molecule has 1 atom stereocenters. The van der Waals surface area contributed by atoms with Crippen LogP contribution in [-0.2, 0) is 0 Å². The molecule has 14 heavy (non-hydrogen) atoms. The van der Waals surface area contributed by atoms with E-state index in [1.807, 2.05) is 6.92 Å². The van der Waals surface area contributed by atoms with E-state index in [1.54, 1.807) is 26.0 Å². The molecule has 0 aliphatic rings. The first-order valence-corrected chi connectivity index (χ1v) is 4.55. The summed E-state index contributed by atoms with van der Waals surface area (Å²) in [6.45, 7) is 5.18. The quantitative estimate of drug-likeness (QED) is 0.760. The monoisotopic (exact) mass is 197 g/mol. The zero-order chi connectivity index (χ0) is 10.9. The van der Waals surface area contributed by atoms with Gasteiger partial charge in [-0.25, -0.2) is 4.39 Å². The average Bonchev–Trinajstić information content (AvgIpc) is 2.06. The third kappa shape index (κ3) is 2.30. The number of hydrogen-bond acceptors (Lipinski definition) is 2. The molecule has 78 valence electrons. The van der Waals surface area contributed by atoms with Gasteiger partial charge in [-0.3, -0.25) is 0 Å². The smallest absolute Gasteiger partial charge is 0.129 e. The molecule has 3 heteroatoms. The maximum atomic E-state index is 13.3. The molecule has 0 aliphatic heterocycles. The molecule has 0 saturated heterocycles. The minimum atomic E-state index is -0.984. The van der Waals surface area contributed by atoms with E-state index in [2.05, 4.69) is 0 Å². The topological polar surface area (TPSA) is 46.2 Å². The van der Waals surface area contributed by atoms with Gasteiger partial charge in [0.05, 0.1) is 6.10 Å². The third-order valence-electron chi connectivity index (χ3n) is 2.15. The van der Waals surface area contributed by atoms with Crippen molar-refractivity contribution in [3.8, 4) is 0 Å². The molecular formula is C11H16FNO. The number of nitrogens with two attached hydrogens (primary N) is 1. The van der Waals surface area contributed by atoms with E-state index in [0.29, 0.717) is 0 Å². The Hall–Kier alpha value is -0.930. The van der Waals surface area contributed by atoms with Gasteiger partial charge in [0.15, 0.2) is 0 Å². The normalized spacial score (nSPS) is 14.1. The molecule has 0 aromatic heterocycles.